The van der Waals surface area contributed by atoms with Crippen LogP contribution in [0.2, 0.25) is 0 Å². The van der Waals surface area contributed by atoms with E-state index < -0.39 is 0 Å². The number of amides is 1. The molecule has 0 unspecified atom stereocenters. The molecule has 1 amide bonds. The van der Waals surface area contributed by atoms with E-state index in [9.17, 15) is 9.59 Å². The van der Waals surface area contributed by atoms with E-state index in [2.05, 4.69) is 24.1 Å². The quantitative estimate of drug-likeness (QED) is 0.479. The number of nitrogens with one attached hydrogen (secondary N) is 1. The smallest absolute Gasteiger partial charge is 0.262 e. The number of hydrogen-bond acceptors (Lipinski definition) is 4. The van der Waals surface area contributed by atoms with Gasteiger partial charge in [-0.05, 0) is 43.0 Å². The zero-order valence-electron chi connectivity index (χ0n) is 16.5. The molecule has 0 fully saturated rings. The van der Waals surface area contributed by atoms with Crippen LogP contribution in [0.5, 0.6) is 0 Å². The molecule has 28 heavy (non-hydrogen) atoms. The predicted octanol–water partition coefficient (Wildman–Crippen LogP) is 4.27. The van der Waals surface area contributed by atoms with Crippen molar-refractivity contribution < 1.29 is 4.79 Å². The van der Waals surface area contributed by atoms with Gasteiger partial charge in [-0.25, -0.2) is 4.98 Å². The van der Waals surface area contributed by atoms with Crippen LogP contribution in [-0.2, 0) is 24.2 Å². The minimum atomic E-state index is -0.0920. The highest BCUT2D eigenvalue weighted by Gasteiger charge is 2.14. The van der Waals surface area contributed by atoms with Gasteiger partial charge in [0, 0.05) is 12.2 Å². The lowest BCUT2D eigenvalue weighted by atomic mass is 10.0. The summed E-state index contributed by atoms with van der Waals surface area (Å²) in [5.74, 6) is 0.108. The van der Waals surface area contributed by atoms with Crippen molar-refractivity contribution >= 4 is 34.3 Å². The van der Waals surface area contributed by atoms with E-state index in [1.54, 1.807) is 10.6 Å². The molecule has 2 aromatic carbocycles. The fraction of sp³-hybridized carbons (Fsp3) is 0.318. The van der Waals surface area contributed by atoms with E-state index in [0.717, 1.165) is 29.7 Å². The molecule has 6 heteroatoms. The minimum Gasteiger partial charge on any atom is -0.325 e. The number of aryl methyl sites for hydroxylation is 2. The van der Waals surface area contributed by atoms with Crippen molar-refractivity contribution in [2.45, 2.75) is 45.3 Å². The minimum absolute atomic E-state index is 0.0689. The number of nitrogens with zero attached hydrogens (tertiary/aromatic N) is 2. The van der Waals surface area contributed by atoms with Crippen molar-refractivity contribution in [2.24, 2.45) is 0 Å². The standard InChI is InChI=1S/C22H25N3O2S/c1-4-15-10-9-11-16(5-2)20(15)24-19(26)14-28-22-23-18-13-8-7-12-17(18)21(27)25(22)6-3/h7-13H,4-6,14H2,1-3H3,(H,24,26). The molecule has 0 bridgehead atoms. The summed E-state index contributed by atoms with van der Waals surface area (Å²) in [5, 5.41) is 4.24. The Hall–Kier alpha value is -2.60. The maximum Gasteiger partial charge on any atom is 0.262 e. The van der Waals surface area contributed by atoms with E-state index >= 15 is 0 Å². The summed E-state index contributed by atoms with van der Waals surface area (Å²) in [7, 11) is 0. The van der Waals surface area contributed by atoms with Gasteiger partial charge in [-0.15, -0.1) is 0 Å². The summed E-state index contributed by atoms with van der Waals surface area (Å²) >= 11 is 1.29. The van der Waals surface area contributed by atoms with E-state index in [-0.39, 0.29) is 17.2 Å². The maximum absolute atomic E-state index is 12.7. The summed E-state index contributed by atoms with van der Waals surface area (Å²) in [4.78, 5) is 29.9. The molecule has 0 saturated carbocycles. The summed E-state index contributed by atoms with van der Waals surface area (Å²) < 4.78 is 1.62. The number of carbonyl (C=O) groups excluding carboxylic acids is 1. The van der Waals surface area contributed by atoms with Crippen LogP contribution in [0, 0.1) is 0 Å². The van der Waals surface area contributed by atoms with Crippen LogP contribution in [0.1, 0.15) is 31.9 Å². The topological polar surface area (TPSA) is 64.0 Å². The number of carbonyl (C=O) groups is 1. The number of anilines is 1. The first-order valence-corrected chi connectivity index (χ1v) is 10.6. The Bertz CT molecular complexity index is 1040. The average Bonchev–Trinajstić information content (AvgIpc) is 2.72. The summed E-state index contributed by atoms with van der Waals surface area (Å²) in [6, 6.07) is 13.4. The van der Waals surface area contributed by atoms with Crippen LogP contribution in [0.15, 0.2) is 52.4 Å². The van der Waals surface area contributed by atoms with E-state index in [0.29, 0.717) is 22.6 Å². The van der Waals surface area contributed by atoms with Crippen molar-refractivity contribution in [1.82, 2.24) is 9.55 Å². The lowest BCUT2D eigenvalue weighted by molar-refractivity contribution is -0.113. The molecule has 0 radical (unpaired) electrons. The molecule has 1 heterocycles. The Morgan fingerprint density at radius 2 is 1.71 bits per heavy atom. The number of rotatable bonds is 7. The van der Waals surface area contributed by atoms with Crippen LogP contribution in [0.3, 0.4) is 0 Å². The molecule has 0 aliphatic carbocycles. The Morgan fingerprint density at radius 1 is 1.04 bits per heavy atom. The third-order valence-corrected chi connectivity index (χ3v) is 5.71. The van der Waals surface area contributed by atoms with Crippen molar-refractivity contribution in [3.63, 3.8) is 0 Å². The molecular formula is C22H25N3O2S. The van der Waals surface area contributed by atoms with Crippen LogP contribution in [0.25, 0.3) is 10.9 Å². The van der Waals surface area contributed by atoms with Gasteiger partial charge in [0.05, 0.1) is 16.7 Å². The lowest BCUT2D eigenvalue weighted by Crippen LogP contribution is -2.23. The first-order chi connectivity index (χ1) is 13.6. The van der Waals surface area contributed by atoms with Crippen LogP contribution in [-0.4, -0.2) is 21.2 Å². The monoisotopic (exact) mass is 395 g/mol. The Morgan fingerprint density at radius 3 is 2.36 bits per heavy atom. The van der Waals surface area contributed by atoms with Gasteiger partial charge in [-0.1, -0.05) is 55.9 Å². The van der Waals surface area contributed by atoms with Crippen LogP contribution < -0.4 is 10.9 Å². The predicted molar refractivity (Wildman–Crippen MR) is 116 cm³/mol. The zero-order valence-corrected chi connectivity index (χ0v) is 17.3. The van der Waals surface area contributed by atoms with Gasteiger partial charge >= 0.3 is 0 Å². The largest absolute Gasteiger partial charge is 0.325 e. The number of thioether (sulfide) groups is 1. The first-order valence-electron chi connectivity index (χ1n) is 9.62. The molecule has 146 valence electrons. The van der Waals surface area contributed by atoms with Crippen molar-refractivity contribution in [2.75, 3.05) is 11.1 Å². The van der Waals surface area contributed by atoms with Gasteiger partial charge in [0.1, 0.15) is 0 Å². The number of hydrogen-bond donors (Lipinski definition) is 1. The molecule has 3 rings (SSSR count). The van der Waals surface area contributed by atoms with E-state index in [1.165, 1.54) is 11.8 Å². The van der Waals surface area contributed by atoms with Gasteiger partial charge in [-0.3, -0.25) is 14.2 Å². The average molecular weight is 396 g/mol. The fourth-order valence-corrected chi connectivity index (χ4v) is 4.11. The second kappa shape index (κ2) is 9.06. The SMILES string of the molecule is CCc1cccc(CC)c1NC(=O)CSc1nc2ccccc2c(=O)n1CC. The first kappa shape index (κ1) is 20.1. The van der Waals surface area contributed by atoms with Crippen molar-refractivity contribution in [3.05, 3.63) is 63.9 Å². The molecule has 0 aliphatic rings. The van der Waals surface area contributed by atoms with Gasteiger partial charge in [0.2, 0.25) is 5.91 Å². The molecule has 3 aromatic rings. The number of benzene rings is 2. The molecule has 0 saturated heterocycles. The highest BCUT2D eigenvalue weighted by molar-refractivity contribution is 7.99. The van der Waals surface area contributed by atoms with Gasteiger partial charge in [-0.2, -0.15) is 0 Å². The van der Waals surface area contributed by atoms with Gasteiger partial charge in [0.25, 0.3) is 5.56 Å². The highest BCUT2D eigenvalue weighted by atomic mass is 32.2. The normalized spacial score (nSPS) is 11.0. The van der Waals surface area contributed by atoms with E-state index in [1.807, 2.05) is 43.3 Å². The summed E-state index contributed by atoms with van der Waals surface area (Å²) in [5.41, 5.74) is 3.77. The molecule has 1 aromatic heterocycles. The number of aromatic nitrogens is 2. The fourth-order valence-electron chi connectivity index (χ4n) is 3.25. The number of para-hydroxylation sites is 2. The second-order valence-electron chi connectivity index (χ2n) is 6.46. The zero-order chi connectivity index (χ0) is 20.1. The van der Waals surface area contributed by atoms with Crippen LogP contribution in [0.4, 0.5) is 5.69 Å². The van der Waals surface area contributed by atoms with Gasteiger partial charge < -0.3 is 5.32 Å². The Labute approximate surface area is 169 Å². The Balaban J connectivity index is 1.81. The van der Waals surface area contributed by atoms with Crippen LogP contribution >= 0.6 is 11.8 Å². The molecule has 0 spiro atoms. The third-order valence-electron chi connectivity index (χ3n) is 4.74. The van der Waals surface area contributed by atoms with Crippen molar-refractivity contribution in [1.29, 1.82) is 0 Å². The molecule has 0 atom stereocenters. The maximum atomic E-state index is 12.7. The van der Waals surface area contributed by atoms with Gasteiger partial charge in [0.15, 0.2) is 5.16 Å². The molecule has 5 nitrogen and oxygen atoms in total. The summed E-state index contributed by atoms with van der Waals surface area (Å²) in [6.07, 6.45) is 1.72. The molecule has 0 aliphatic heterocycles. The lowest BCUT2D eigenvalue weighted by Gasteiger charge is -2.15. The number of fused-ring (bicyclic) bond motifs is 1. The Kier molecular flexibility index (Phi) is 6.52. The summed E-state index contributed by atoms with van der Waals surface area (Å²) in [6.45, 7) is 6.59. The third kappa shape index (κ3) is 4.12. The van der Waals surface area contributed by atoms with E-state index in [4.69, 9.17) is 0 Å². The molecule has 1 N–H and O–H groups in total. The molecular weight excluding hydrogens is 370 g/mol. The van der Waals surface area contributed by atoms with Crippen molar-refractivity contribution in [3.8, 4) is 0 Å². The highest BCUT2D eigenvalue weighted by Crippen LogP contribution is 2.24. The second-order valence-corrected chi connectivity index (χ2v) is 7.40.